The van der Waals surface area contributed by atoms with Gasteiger partial charge in [-0.2, -0.15) is 13.2 Å². The van der Waals surface area contributed by atoms with Gasteiger partial charge in [0.15, 0.2) is 6.10 Å². The smallest absolute Gasteiger partial charge is 0.414 e. The van der Waals surface area contributed by atoms with Crippen LogP contribution in [-0.4, -0.2) is 37.2 Å². The van der Waals surface area contributed by atoms with Crippen LogP contribution in [0, 0.1) is 11.8 Å². The van der Waals surface area contributed by atoms with E-state index in [2.05, 4.69) is 16.6 Å². The number of benzene rings is 1. The molecule has 0 aliphatic carbocycles. The third-order valence-electron chi connectivity index (χ3n) is 2.33. The van der Waals surface area contributed by atoms with Crippen molar-refractivity contribution in [2.24, 2.45) is 0 Å². The van der Waals surface area contributed by atoms with E-state index in [0.717, 1.165) is 6.92 Å². The lowest BCUT2D eigenvalue weighted by Crippen LogP contribution is -2.29. The van der Waals surface area contributed by atoms with E-state index < -0.39 is 12.3 Å². The van der Waals surface area contributed by atoms with E-state index in [1.54, 1.807) is 24.3 Å². The van der Waals surface area contributed by atoms with Crippen LogP contribution < -0.4 is 4.74 Å². The van der Waals surface area contributed by atoms with Crippen LogP contribution in [0.1, 0.15) is 12.5 Å². The molecule has 0 aliphatic rings. The molecule has 0 saturated heterocycles. The fourth-order valence-corrected chi connectivity index (χ4v) is 1.28. The molecule has 20 heavy (non-hydrogen) atoms. The number of rotatable bonds is 5. The van der Waals surface area contributed by atoms with Crippen LogP contribution in [0.3, 0.4) is 0 Å². The third-order valence-corrected chi connectivity index (χ3v) is 2.33. The van der Waals surface area contributed by atoms with Gasteiger partial charge in [0.1, 0.15) is 19.0 Å². The van der Waals surface area contributed by atoms with E-state index in [4.69, 9.17) is 9.84 Å². The Morgan fingerprint density at radius 1 is 1.30 bits per heavy atom. The number of hydrogen-bond donors (Lipinski definition) is 1. The van der Waals surface area contributed by atoms with E-state index in [-0.39, 0.29) is 19.8 Å². The zero-order valence-electron chi connectivity index (χ0n) is 10.9. The van der Waals surface area contributed by atoms with Crippen LogP contribution in [0.25, 0.3) is 0 Å². The highest BCUT2D eigenvalue weighted by atomic mass is 19.4. The van der Waals surface area contributed by atoms with Gasteiger partial charge in [0.2, 0.25) is 0 Å². The molecule has 1 unspecified atom stereocenters. The number of hydrogen-bond acceptors (Lipinski definition) is 3. The molecule has 3 nitrogen and oxygen atoms in total. The van der Waals surface area contributed by atoms with Crippen molar-refractivity contribution in [2.75, 3.05) is 19.8 Å². The molecule has 1 N–H and O–H groups in total. The molecule has 0 fully saturated rings. The van der Waals surface area contributed by atoms with Gasteiger partial charge in [-0.15, -0.1) is 0 Å². The van der Waals surface area contributed by atoms with Crippen molar-refractivity contribution in [3.63, 3.8) is 0 Å². The fraction of sp³-hybridized carbons (Fsp3) is 0.429. The number of aliphatic hydroxyl groups is 1. The lowest BCUT2D eigenvalue weighted by Gasteiger charge is -2.16. The monoisotopic (exact) mass is 288 g/mol. The zero-order valence-corrected chi connectivity index (χ0v) is 10.9. The Morgan fingerprint density at radius 2 is 2.05 bits per heavy atom. The summed E-state index contributed by atoms with van der Waals surface area (Å²) in [5.74, 6) is 5.68. The first-order valence-electron chi connectivity index (χ1n) is 5.94. The Hall–Kier alpha value is -1.71. The highest BCUT2D eigenvalue weighted by Gasteiger charge is 2.36. The Labute approximate surface area is 115 Å². The third kappa shape index (κ3) is 5.95. The number of halogens is 3. The topological polar surface area (TPSA) is 38.7 Å². The van der Waals surface area contributed by atoms with Crippen molar-refractivity contribution in [2.45, 2.75) is 19.2 Å². The molecule has 0 saturated carbocycles. The normalized spacial score (nSPS) is 12.4. The average Bonchev–Trinajstić information content (AvgIpc) is 2.40. The Bertz CT molecular complexity index is 475. The van der Waals surface area contributed by atoms with E-state index in [1.165, 1.54) is 0 Å². The van der Waals surface area contributed by atoms with Crippen LogP contribution in [0.2, 0.25) is 0 Å². The molecule has 0 amide bonds. The van der Waals surface area contributed by atoms with Gasteiger partial charge in [-0.3, -0.25) is 0 Å². The molecule has 1 rings (SSSR count). The van der Waals surface area contributed by atoms with Crippen LogP contribution in [0.5, 0.6) is 5.75 Å². The standard InChI is InChI=1S/C14H15F3O3/c1-11(14(15,16)17)19-8-9-20-13-6-2-4-12(10-13)5-3-7-18/h2,4,6,10-11,18H,7-9H2,1H3. The number of alkyl halides is 3. The SMILES string of the molecule is CC(OCCOc1cccc(C#CCO)c1)C(F)(F)F. The molecule has 1 atom stereocenters. The Balaban J connectivity index is 2.39. The summed E-state index contributed by atoms with van der Waals surface area (Å²) in [5, 5.41) is 8.57. The van der Waals surface area contributed by atoms with Crippen LogP contribution >= 0.6 is 0 Å². The highest BCUT2D eigenvalue weighted by molar-refractivity contribution is 5.39. The second-order valence-corrected chi connectivity index (χ2v) is 3.89. The van der Waals surface area contributed by atoms with Gasteiger partial charge < -0.3 is 14.6 Å². The van der Waals surface area contributed by atoms with Crippen molar-refractivity contribution >= 4 is 0 Å². The molecule has 1 aromatic rings. The van der Waals surface area contributed by atoms with Crippen LogP contribution in [-0.2, 0) is 4.74 Å². The molecule has 1 aromatic carbocycles. The molecule has 6 heteroatoms. The van der Waals surface area contributed by atoms with Gasteiger partial charge in [-0.1, -0.05) is 17.9 Å². The van der Waals surface area contributed by atoms with Crippen LogP contribution in [0.15, 0.2) is 24.3 Å². The largest absolute Gasteiger partial charge is 0.491 e. The van der Waals surface area contributed by atoms with Gasteiger partial charge in [-0.25, -0.2) is 0 Å². The highest BCUT2D eigenvalue weighted by Crippen LogP contribution is 2.22. The molecule has 0 radical (unpaired) electrons. The van der Waals surface area contributed by atoms with Gasteiger partial charge in [-0.05, 0) is 25.1 Å². The van der Waals surface area contributed by atoms with E-state index in [0.29, 0.717) is 11.3 Å². The second-order valence-electron chi connectivity index (χ2n) is 3.89. The molecular formula is C14H15F3O3. The van der Waals surface area contributed by atoms with E-state index in [9.17, 15) is 13.2 Å². The minimum Gasteiger partial charge on any atom is -0.491 e. The van der Waals surface area contributed by atoms with Gasteiger partial charge in [0.05, 0.1) is 6.61 Å². The second kappa shape index (κ2) is 7.78. The molecule has 0 aliphatic heterocycles. The lowest BCUT2D eigenvalue weighted by atomic mass is 10.2. The van der Waals surface area contributed by atoms with Crippen molar-refractivity contribution in [1.82, 2.24) is 0 Å². The molecular weight excluding hydrogens is 273 g/mol. The van der Waals surface area contributed by atoms with Gasteiger partial charge >= 0.3 is 6.18 Å². The first-order chi connectivity index (χ1) is 9.43. The van der Waals surface area contributed by atoms with Crippen LogP contribution in [0.4, 0.5) is 13.2 Å². The maximum atomic E-state index is 12.2. The zero-order chi connectivity index (χ0) is 15.0. The summed E-state index contributed by atoms with van der Waals surface area (Å²) in [4.78, 5) is 0. The summed E-state index contributed by atoms with van der Waals surface area (Å²) < 4.78 is 46.4. The predicted molar refractivity (Wildman–Crippen MR) is 67.4 cm³/mol. The quantitative estimate of drug-likeness (QED) is 0.668. The van der Waals surface area contributed by atoms with Crippen molar-refractivity contribution in [1.29, 1.82) is 0 Å². The Morgan fingerprint density at radius 3 is 2.70 bits per heavy atom. The summed E-state index contributed by atoms with van der Waals surface area (Å²) in [6, 6.07) is 6.74. The first-order valence-corrected chi connectivity index (χ1v) is 5.94. The summed E-state index contributed by atoms with van der Waals surface area (Å²) >= 11 is 0. The fourth-order valence-electron chi connectivity index (χ4n) is 1.28. The Kier molecular flexibility index (Phi) is 6.36. The lowest BCUT2D eigenvalue weighted by molar-refractivity contribution is -0.215. The van der Waals surface area contributed by atoms with E-state index >= 15 is 0 Å². The van der Waals surface area contributed by atoms with Gasteiger partial charge in [0.25, 0.3) is 0 Å². The summed E-state index contributed by atoms with van der Waals surface area (Å²) in [7, 11) is 0. The average molecular weight is 288 g/mol. The summed E-state index contributed by atoms with van der Waals surface area (Å²) in [6.45, 7) is 0.559. The van der Waals surface area contributed by atoms with E-state index in [1.807, 2.05) is 0 Å². The first kappa shape index (κ1) is 16.3. The number of aliphatic hydroxyl groups excluding tert-OH is 1. The number of ether oxygens (including phenoxy) is 2. The maximum absolute atomic E-state index is 12.2. The molecule has 110 valence electrons. The molecule has 0 bridgehead atoms. The van der Waals surface area contributed by atoms with Crippen molar-refractivity contribution in [3.8, 4) is 17.6 Å². The minimum atomic E-state index is -4.36. The van der Waals surface area contributed by atoms with Crippen molar-refractivity contribution in [3.05, 3.63) is 29.8 Å². The molecule has 0 heterocycles. The maximum Gasteiger partial charge on any atom is 0.414 e. The summed E-state index contributed by atoms with van der Waals surface area (Å²) in [5.41, 5.74) is 0.654. The molecule has 0 aromatic heterocycles. The summed E-state index contributed by atoms with van der Waals surface area (Å²) in [6.07, 6.45) is -6.17. The van der Waals surface area contributed by atoms with Gasteiger partial charge in [0, 0.05) is 5.56 Å². The minimum absolute atomic E-state index is 0.0112. The molecule has 0 spiro atoms. The van der Waals surface area contributed by atoms with Crippen molar-refractivity contribution < 1.29 is 27.8 Å². The predicted octanol–water partition coefficient (Wildman–Crippen LogP) is 2.38.